The zero-order valence-corrected chi connectivity index (χ0v) is 7.87. The number of hydrogen-bond donors (Lipinski definition) is 1. The lowest BCUT2D eigenvalue weighted by Crippen LogP contribution is -1.87. The number of para-hydroxylation sites is 1. The number of H-pyrrole nitrogens is 1. The molecule has 0 aliphatic carbocycles. The lowest BCUT2D eigenvalue weighted by molar-refractivity contribution is 0.398. The number of benzene rings is 1. The molecule has 0 saturated carbocycles. The summed E-state index contributed by atoms with van der Waals surface area (Å²) in [7, 11) is 1.60. The molecule has 0 spiro atoms. The average molecular weight is 186 g/mol. The third kappa shape index (κ3) is 1.21. The molecule has 2 aromatic rings. The van der Waals surface area contributed by atoms with E-state index in [4.69, 9.17) is 10.00 Å². The summed E-state index contributed by atoms with van der Waals surface area (Å²) >= 11 is 0. The van der Waals surface area contributed by atoms with Crippen molar-refractivity contribution in [2.24, 2.45) is 0 Å². The number of nitrogens with one attached hydrogen (secondary N) is 1. The molecule has 70 valence electrons. The van der Waals surface area contributed by atoms with Gasteiger partial charge in [-0.1, -0.05) is 18.2 Å². The minimum atomic E-state index is 0.368. The Kier molecular flexibility index (Phi) is 2.11. The third-order valence-electron chi connectivity index (χ3n) is 2.23. The largest absolute Gasteiger partial charge is 0.482 e. The number of nitrogens with zero attached hydrogens (tertiary/aromatic N) is 1. The van der Waals surface area contributed by atoms with Crippen LogP contribution in [0.25, 0.3) is 10.9 Å². The van der Waals surface area contributed by atoms with Crippen molar-refractivity contribution in [3.63, 3.8) is 0 Å². The number of nitriles is 1. The molecule has 0 bridgehead atoms. The summed E-state index contributed by atoms with van der Waals surface area (Å²) in [6.45, 7) is 0. The second kappa shape index (κ2) is 3.43. The van der Waals surface area contributed by atoms with Crippen LogP contribution in [0.5, 0.6) is 5.88 Å². The van der Waals surface area contributed by atoms with E-state index < -0.39 is 0 Å². The van der Waals surface area contributed by atoms with Gasteiger partial charge >= 0.3 is 0 Å². The molecule has 3 heteroatoms. The van der Waals surface area contributed by atoms with Crippen LogP contribution in [0.1, 0.15) is 5.56 Å². The van der Waals surface area contributed by atoms with E-state index in [2.05, 4.69) is 11.1 Å². The molecule has 0 amide bonds. The van der Waals surface area contributed by atoms with Crippen molar-refractivity contribution in [1.82, 2.24) is 4.98 Å². The van der Waals surface area contributed by atoms with Crippen LogP contribution in [0.2, 0.25) is 0 Å². The van der Waals surface area contributed by atoms with Gasteiger partial charge < -0.3 is 9.72 Å². The van der Waals surface area contributed by atoms with Gasteiger partial charge in [0.15, 0.2) is 5.88 Å². The monoisotopic (exact) mass is 186 g/mol. The Morgan fingerprint density at radius 2 is 2.21 bits per heavy atom. The van der Waals surface area contributed by atoms with Crippen LogP contribution in [-0.2, 0) is 6.42 Å². The lowest BCUT2D eigenvalue weighted by Gasteiger charge is -1.96. The van der Waals surface area contributed by atoms with Crippen LogP contribution in [0.15, 0.2) is 24.3 Å². The molecule has 1 aromatic heterocycles. The van der Waals surface area contributed by atoms with Crippen molar-refractivity contribution in [2.75, 3.05) is 7.11 Å². The Bertz CT molecular complexity index is 493. The van der Waals surface area contributed by atoms with E-state index in [9.17, 15) is 0 Å². The summed E-state index contributed by atoms with van der Waals surface area (Å²) in [4.78, 5) is 3.13. The van der Waals surface area contributed by atoms with Crippen molar-refractivity contribution >= 4 is 10.9 Å². The van der Waals surface area contributed by atoms with Crippen LogP contribution in [0, 0.1) is 11.3 Å². The predicted octanol–water partition coefficient (Wildman–Crippen LogP) is 2.24. The van der Waals surface area contributed by atoms with E-state index >= 15 is 0 Å². The zero-order valence-electron chi connectivity index (χ0n) is 7.87. The summed E-state index contributed by atoms with van der Waals surface area (Å²) in [5.41, 5.74) is 1.94. The molecule has 2 rings (SSSR count). The van der Waals surface area contributed by atoms with Crippen LogP contribution >= 0.6 is 0 Å². The van der Waals surface area contributed by atoms with Gasteiger partial charge in [0.2, 0.25) is 0 Å². The summed E-state index contributed by atoms with van der Waals surface area (Å²) in [5, 5.41) is 9.76. The Morgan fingerprint density at radius 1 is 1.43 bits per heavy atom. The molecule has 3 nitrogen and oxygen atoms in total. The number of rotatable bonds is 2. The van der Waals surface area contributed by atoms with Crippen molar-refractivity contribution in [3.05, 3.63) is 29.8 Å². The normalized spacial score (nSPS) is 10.0. The highest BCUT2D eigenvalue weighted by atomic mass is 16.5. The molecule has 0 aliphatic rings. The molecular weight excluding hydrogens is 176 g/mol. The fourth-order valence-electron chi connectivity index (χ4n) is 1.60. The topological polar surface area (TPSA) is 48.8 Å². The first-order valence-corrected chi connectivity index (χ1v) is 4.37. The van der Waals surface area contributed by atoms with Crippen LogP contribution in [0.3, 0.4) is 0 Å². The van der Waals surface area contributed by atoms with E-state index in [0.717, 1.165) is 16.5 Å². The molecule has 14 heavy (non-hydrogen) atoms. The summed E-state index contributed by atoms with van der Waals surface area (Å²) in [5.74, 6) is 0.688. The number of methoxy groups -OCH3 is 1. The number of fused-ring (bicyclic) bond motifs is 1. The van der Waals surface area contributed by atoms with Gasteiger partial charge in [-0.25, -0.2) is 0 Å². The second-order valence-electron chi connectivity index (χ2n) is 3.02. The van der Waals surface area contributed by atoms with Gasteiger partial charge in [0.05, 0.1) is 19.6 Å². The van der Waals surface area contributed by atoms with Gasteiger partial charge in [-0.3, -0.25) is 0 Å². The first-order chi connectivity index (χ1) is 6.86. The second-order valence-corrected chi connectivity index (χ2v) is 3.02. The minimum absolute atomic E-state index is 0.368. The van der Waals surface area contributed by atoms with Crippen LogP contribution in [0.4, 0.5) is 0 Å². The number of ether oxygens (including phenoxy) is 1. The molecule has 0 atom stereocenters. The SMILES string of the molecule is COc1[nH]c2ccccc2c1CC#N. The summed E-state index contributed by atoms with van der Waals surface area (Å²) in [6, 6.07) is 10.0. The Labute approximate surface area is 81.9 Å². The molecule has 1 heterocycles. The molecule has 0 unspecified atom stereocenters. The van der Waals surface area contributed by atoms with E-state index in [-0.39, 0.29) is 0 Å². The van der Waals surface area contributed by atoms with Crippen molar-refractivity contribution in [2.45, 2.75) is 6.42 Å². The molecule has 1 aromatic carbocycles. The van der Waals surface area contributed by atoms with Gasteiger partial charge in [-0.15, -0.1) is 0 Å². The first-order valence-electron chi connectivity index (χ1n) is 4.37. The van der Waals surface area contributed by atoms with Gasteiger partial charge in [0, 0.05) is 16.5 Å². The van der Waals surface area contributed by atoms with E-state index in [0.29, 0.717) is 12.3 Å². The smallest absolute Gasteiger partial charge is 0.195 e. The Hall–Kier alpha value is -1.95. The number of aromatic nitrogens is 1. The van der Waals surface area contributed by atoms with E-state index in [1.807, 2.05) is 24.3 Å². The van der Waals surface area contributed by atoms with E-state index in [1.165, 1.54) is 0 Å². The molecule has 0 fully saturated rings. The molecule has 0 saturated heterocycles. The predicted molar refractivity (Wildman–Crippen MR) is 54.2 cm³/mol. The molecule has 0 radical (unpaired) electrons. The molecular formula is C11H10N2O. The first kappa shape index (κ1) is 8.64. The van der Waals surface area contributed by atoms with Crippen LogP contribution < -0.4 is 4.74 Å². The summed E-state index contributed by atoms with van der Waals surface area (Å²) in [6.07, 6.45) is 0.368. The lowest BCUT2D eigenvalue weighted by atomic mass is 10.1. The van der Waals surface area contributed by atoms with Crippen molar-refractivity contribution < 1.29 is 4.74 Å². The standard InChI is InChI=1S/C11H10N2O/c1-14-11-9(6-7-12)8-4-2-3-5-10(8)13-11/h2-5,13H,6H2,1H3. The van der Waals surface area contributed by atoms with Crippen molar-refractivity contribution in [3.8, 4) is 11.9 Å². The van der Waals surface area contributed by atoms with Gasteiger partial charge in [0.1, 0.15) is 0 Å². The minimum Gasteiger partial charge on any atom is -0.482 e. The highest BCUT2D eigenvalue weighted by molar-refractivity contribution is 5.86. The fourth-order valence-corrected chi connectivity index (χ4v) is 1.60. The average Bonchev–Trinajstić information content (AvgIpc) is 2.58. The highest BCUT2D eigenvalue weighted by Gasteiger charge is 2.10. The fraction of sp³-hybridized carbons (Fsp3) is 0.182. The summed E-state index contributed by atoms with van der Waals surface area (Å²) < 4.78 is 5.18. The number of aromatic amines is 1. The van der Waals surface area contributed by atoms with Gasteiger partial charge in [-0.2, -0.15) is 5.26 Å². The van der Waals surface area contributed by atoms with Gasteiger partial charge in [0.25, 0.3) is 0 Å². The molecule has 1 N–H and O–H groups in total. The maximum absolute atomic E-state index is 8.70. The molecule has 0 aliphatic heterocycles. The highest BCUT2D eigenvalue weighted by Crippen LogP contribution is 2.27. The van der Waals surface area contributed by atoms with Gasteiger partial charge in [-0.05, 0) is 6.07 Å². The zero-order chi connectivity index (χ0) is 9.97. The maximum atomic E-state index is 8.70. The van der Waals surface area contributed by atoms with E-state index in [1.54, 1.807) is 7.11 Å². The van der Waals surface area contributed by atoms with Crippen molar-refractivity contribution in [1.29, 1.82) is 5.26 Å². The van der Waals surface area contributed by atoms with Crippen LogP contribution in [-0.4, -0.2) is 12.1 Å². The Balaban J connectivity index is 2.69. The maximum Gasteiger partial charge on any atom is 0.195 e. The third-order valence-corrected chi connectivity index (χ3v) is 2.23. The number of hydrogen-bond acceptors (Lipinski definition) is 2. The quantitative estimate of drug-likeness (QED) is 0.781. The Morgan fingerprint density at radius 3 is 2.93 bits per heavy atom.